The van der Waals surface area contributed by atoms with E-state index in [4.69, 9.17) is 18.9 Å². The van der Waals surface area contributed by atoms with Crippen molar-refractivity contribution in [1.82, 2.24) is 0 Å². The molecule has 0 aromatic rings. The first-order valence-corrected chi connectivity index (χ1v) is 10.9. The Labute approximate surface area is 188 Å². The van der Waals surface area contributed by atoms with Crippen LogP contribution in [-0.4, -0.2) is 104 Å². The monoisotopic (exact) mass is 462 g/mol. The molecule has 10 nitrogen and oxygen atoms in total. The Hall–Kier alpha value is -0.920. The minimum Gasteiger partial charge on any atom is -0.388 e. The number of aliphatic hydroxyl groups is 6. The molecule has 0 saturated carbocycles. The van der Waals surface area contributed by atoms with Gasteiger partial charge in [0, 0.05) is 0 Å². The van der Waals surface area contributed by atoms with Gasteiger partial charge in [-0.2, -0.15) is 0 Å². The molecule has 10 heteroatoms. The predicted octanol–water partition coefficient (Wildman–Crippen LogP) is -0.654. The first-order chi connectivity index (χ1) is 14.9. The molecule has 0 aromatic carbocycles. The van der Waals surface area contributed by atoms with Gasteiger partial charge in [0.25, 0.3) is 0 Å². The standard InChI is InChI=1S/C22H38O10/c1-6-22(5,9-7-8-11(2)3)32-21-19(28)17(26)15(24)13(31-21)10-29-20-18(27)16(25)14(23)12(4)30-20/h6,8,12-21,23-28H,1,7,9-10H2,2-5H3. The van der Waals surface area contributed by atoms with E-state index in [0.717, 1.165) is 5.57 Å². The van der Waals surface area contributed by atoms with Crippen molar-refractivity contribution in [1.29, 1.82) is 0 Å². The summed E-state index contributed by atoms with van der Waals surface area (Å²) in [5.41, 5.74) is 0.281. The zero-order valence-corrected chi connectivity index (χ0v) is 19.1. The molecular weight excluding hydrogens is 424 g/mol. The van der Waals surface area contributed by atoms with Crippen molar-refractivity contribution < 1.29 is 49.6 Å². The number of aliphatic hydroxyl groups excluding tert-OH is 6. The van der Waals surface area contributed by atoms with Gasteiger partial charge >= 0.3 is 0 Å². The highest BCUT2D eigenvalue weighted by Gasteiger charge is 2.48. The molecule has 11 unspecified atom stereocenters. The maximum Gasteiger partial charge on any atom is 0.187 e. The average molecular weight is 463 g/mol. The van der Waals surface area contributed by atoms with Crippen LogP contribution in [0.2, 0.25) is 0 Å². The van der Waals surface area contributed by atoms with Crippen molar-refractivity contribution in [3.63, 3.8) is 0 Å². The van der Waals surface area contributed by atoms with E-state index in [0.29, 0.717) is 12.8 Å². The van der Waals surface area contributed by atoms with E-state index in [-0.39, 0.29) is 6.61 Å². The minimum absolute atomic E-state index is 0.343. The lowest BCUT2D eigenvalue weighted by Gasteiger charge is -2.44. The van der Waals surface area contributed by atoms with E-state index >= 15 is 0 Å². The highest BCUT2D eigenvalue weighted by Crippen LogP contribution is 2.30. The minimum atomic E-state index is -1.57. The van der Waals surface area contributed by atoms with Gasteiger partial charge in [-0.3, -0.25) is 0 Å². The van der Waals surface area contributed by atoms with Gasteiger partial charge in [-0.1, -0.05) is 17.7 Å². The van der Waals surface area contributed by atoms with Gasteiger partial charge in [0.05, 0.1) is 18.3 Å². The van der Waals surface area contributed by atoms with Crippen molar-refractivity contribution in [2.24, 2.45) is 0 Å². The SMILES string of the molecule is C=CC(C)(CCC=C(C)C)OC1OC(COC2OC(C)C(O)C(O)C2O)C(O)C(O)C1O. The predicted molar refractivity (Wildman–Crippen MR) is 113 cm³/mol. The Balaban J connectivity index is 2.03. The Kier molecular flexibility index (Phi) is 9.80. The van der Waals surface area contributed by atoms with Crippen LogP contribution in [0.3, 0.4) is 0 Å². The number of ether oxygens (including phenoxy) is 4. The van der Waals surface area contributed by atoms with Crippen LogP contribution in [0.4, 0.5) is 0 Å². The fourth-order valence-corrected chi connectivity index (χ4v) is 3.61. The second-order valence-electron chi connectivity index (χ2n) is 8.98. The van der Waals surface area contributed by atoms with Crippen molar-refractivity contribution >= 4 is 0 Å². The molecule has 186 valence electrons. The normalized spacial score (nSPS) is 42.2. The molecule has 0 bridgehead atoms. The third-order valence-electron chi connectivity index (χ3n) is 5.91. The van der Waals surface area contributed by atoms with Crippen LogP contribution in [-0.2, 0) is 18.9 Å². The molecular formula is C22H38O10. The van der Waals surface area contributed by atoms with E-state index in [1.807, 2.05) is 19.9 Å². The Morgan fingerprint density at radius 3 is 2.09 bits per heavy atom. The summed E-state index contributed by atoms with van der Waals surface area (Å²) in [5.74, 6) is 0. The van der Waals surface area contributed by atoms with Crippen LogP contribution in [0.15, 0.2) is 24.3 Å². The molecule has 32 heavy (non-hydrogen) atoms. The van der Waals surface area contributed by atoms with E-state index in [1.165, 1.54) is 6.92 Å². The third-order valence-corrected chi connectivity index (χ3v) is 5.91. The van der Waals surface area contributed by atoms with Crippen LogP contribution in [0.5, 0.6) is 0 Å². The number of allylic oxidation sites excluding steroid dienone is 2. The second kappa shape index (κ2) is 11.5. The zero-order chi connectivity index (χ0) is 24.2. The smallest absolute Gasteiger partial charge is 0.187 e. The molecule has 0 spiro atoms. The molecule has 11 atom stereocenters. The lowest BCUT2D eigenvalue weighted by Crippen LogP contribution is -2.61. The highest BCUT2D eigenvalue weighted by atomic mass is 16.7. The van der Waals surface area contributed by atoms with E-state index in [1.54, 1.807) is 13.0 Å². The van der Waals surface area contributed by atoms with Gasteiger partial charge in [0.1, 0.15) is 42.7 Å². The summed E-state index contributed by atoms with van der Waals surface area (Å²) in [4.78, 5) is 0. The largest absolute Gasteiger partial charge is 0.388 e. The van der Waals surface area contributed by atoms with E-state index in [2.05, 4.69) is 6.58 Å². The van der Waals surface area contributed by atoms with Crippen molar-refractivity contribution in [3.8, 4) is 0 Å². The topological polar surface area (TPSA) is 158 Å². The van der Waals surface area contributed by atoms with Crippen molar-refractivity contribution in [2.45, 2.75) is 108 Å². The molecule has 2 heterocycles. The maximum atomic E-state index is 10.4. The summed E-state index contributed by atoms with van der Waals surface area (Å²) in [6.07, 6.45) is -8.47. The second-order valence-corrected chi connectivity index (χ2v) is 8.98. The van der Waals surface area contributed by atoms with Crippen LogP contribution in [0.25, 0.3) is 0 Å². The van der Waals surface area contributed by atoms with E-state index in [9.17, 15) is 30.6 Å². The zero-order valence-electron chi connectivity index (χ0n) is 19.1. The molecule has 2 aliphatic rings. The molecule has 0 aromatic heterocycles. The molecule has 2 fully saturated rings. The Morgan fingerprint density at radius 1 is 0.906 bits per heavy atom. The van der Waals surface area contributed by atoms with Crippen LogP contribution < -0.4 is 0 Å². The fourth-order valence-electron chi connectivity index (χ4n) is 3.61. The summed E-state index contributed by atoms with van der Waals surface area (Å²) >= 11 is 0. The molecule has 2 aliphatic heterocycles. The molecule has 0 amide bonds. The van der Waals surface area contributed by atoms with Gasteiger partial charge < -0.3 is 49.6 Å². The van der Waals surface area contributed by atoms with Crippen molar-refractivity contribution in [2.75, 3.05) is 6.61 Å². The summed E-state index contributed by atoms with van der Waals surface area (Å²) in [6, 6.07) is 0. The lowest BCUT2D eigenvalue weighted by molar-refractivity contribution is -0.338. The maximum absolute atomic E-state index is 10.4. The van der Waals surface area contributed by atoms with Gasteiger partial charge in [0.15, 0.2) is 12.6 Å². The first kappa shape index (κ1) is 27.3. The van der Waals surface area contributed by atoms with E-state index < -0.39 is 67.0 Å². The van der Waals surface area contributed by atoms with Gasteiger partial charge in [-0.15, -0.1) is 6.58 Å². The van der Waals surface area contributed by atoms with Crippen LogP contribution in [0.1, 0.15) is 40.5 Å². The van der Waals surface area contributed by atoms with Crippen LogP contribution in [0, 0.1) is 0 Å². The third kappa shape index (κ3) is 6.57. The Morgan fingerprint density at radius 2 is 1.50 bits per heavy atom. The number of hydrogen-bond acceptors (Lipinski definition) is 10. The van der Waals surface area contributed by atoms with Gasteiger partial charge in [-0.25, -0.2) is 0 Å². The molecule has 0 radical (unpaired) electrons. The molecule has 2 rings (SSSR count). The average Bonchev–Trinajstić information content (AvgIpc) is 2.74. The van der Waals surface area contributed by atoms with Crippen LogP contribution >= 0.6 is 0 Å². The summed E-state index contributed by atoms with van der Waals surface area (Å²) < 4.78 is 22.5. The lowest BCUT2D eigenvalue weighted by atomic mass is 9.96. The molecule has 2 saturated heterocycles. The summed E-state index contributed by atoms with van der Waals surface area (Å²) in [6.45, 7) is 10.7. The Bertz CT molecular complexity index is 638. The quantitative estimate of drug-likeness (QED) is 0.243. The number of rotatable bonds is 9. The highest BCUT2D eigenvalue weighted by molar-refractivity contribution is 5.00. The fraction of sp³-hybridized carbons (Fsp3) is 0.818. The molecule has 0 aliphatic carbocycles. The number of hydrogen-bond donors (Lipinski definition) is 6. The summed E-state index contributed by atoms with van der Waals surface area (Å²) in [5, 5.41) is 60.8. The molecule has 6 N–H and O–H groups in total. The van der Waals surface area contributed by atoms with Gasteiger partial charge in [0.2, 0.25) is 0 Å². The van der Waals surface area contributed by atoms with Crippen molar-refractivity contribution in [3.05, 3.63) is 24.3 Å². The van der Waals surface area contributed by atoms with Gasteiger partial charge in [-0.05, 0) is 40.5 Å². The summed E-state index contributed by atoms with van der Waals surface area (Å²) in [7, 11) is 0. The first-order valence-electron chi connectivity index (χ1n) is 10.9.